The Kier molecular flexibility index (Phi) is 7.56. The van der Waals surface area contributed by atoms with E-state index >= 15 is 0 Å². The van der Waals surface area contributed by atoms with E-state index in [1.165, 1.54) is 44.9 Å². The molecule has 0 spiro atoms. The summed E-state index contributed by atoms with van der Waals surface area (Å²) < 4.78 is 0. The summed E-state index contributed by atoms with van der Waals surface area (Å²) in [6, 6.07) is 0. The molecule has 0 atom stereocenters. The van der Waals surface area contributed by atoms with Gasteiger partial charge in [-0.1, -0.05) is 39.0 Å². The quantitative estimate of drug-likeness (QED) is 0.840. The van der Waals surface area contributed by atoms with Crippen molar-refractivity contribution in [3.8, 4) is 0 Å². The average Bonchev–Trinajstić information content (AvgIpc) is 2.47. The first-order valence-corrected chi connectivity index (χ1v) is 9.30. The van der Waals surface area contributed by atoms with Gasteiger partial charge in [-0.3, -0.25) is 4.79 Å². The standard InChI is InChI=1S/C18H34N2O/c1-2-14-20(15-16-10-12-19-13-11-16)18(21)17-8-6-4-3-5-7-9-17/h16-17,19H,2-15H2,1H3. The average molecular weight is 294 g/mol. The first kappa shape index (κ1) is 16.8. The Labute approximate surface area is 130 Å². The topological polar surface area (TPSA) is 32.3 Å². The van der Waals surface area contributed by atoms with Crippen molar-refractivity contribution in [1.82, 2.24) is 10.2 Å². The van der Waals surface area contributed by atoms with Crippen LogP contribution in [0.15, 0.2) is 0 Å². The van der Waals surface area contributed by atoms with E-state index in [0.29, 0.717) is 11.8 Å². The molecule has 3 nitrogen and oxygen atoms in total. The Balaban J connectivity index is 1.89. The molecule has 21 heavy (non-hydrogen) atoms. The molecule has 1 N–H and O–H groups in total. The zero-order chi connectivity index (χ0) is 14.9. The molecule has 1 aliphatic heterocycles. The zero-order valence-electron chi connectivity index (χ0n) is 13.9. The van der Waals surface area contributed by atoms with Crippen molar-refractivity contribution < 1.29 is 4.79 Å². The molecule has 0 radical (unpaired) electrons. The van der Waals surface area contributed by atoms with Gasteiger partial charge in [0.1, 0.15) is 0 Å². The molecule has 1 saturated heterocycles. The second kappa shape index (κ2) is 9.45. The van der Waals surface area contributed by atoms with Crippen molar-refractivity contribution in [2.24, 2.45) is 11.8 Å². The normalized spacial score (nSPS) is 22.5. The Morgan fingerprint density at radius 3 is 2.24 bits per heavy atom. The minimum Gasteiger partial charge on any atom is -0.342 e. The van der Waals surface area contributed by atoms with Crippen molar-refractivity contribution in [3.63, 3.8) is 0 Å². The summed E-state index contributed by atoms with van der Waals surface area (Å²) >= 11 is 0. The van der Waals surface area contributed by atoms with Crippen LogP contribution in [0.4, 0.5) is 0 Å². The van der Waals surface area contributed by atoms with Crippen molar-refractivity contribution >= 4 is 5.91 Å². The summed E-state index contributed by atoms with van der Waals surface area (Å²) in [7, 11) is 0. The van der Waals surface area contributed by atoms with Gasteiger partial charge in [-0.05, 0) is 51.1 Å². The number of nitrogens with one attached hydrogen (secondary N) is 1. The fourth-order valence-electron chi connectivity index (χ4n) is 3.90. The Morgan fingerprint density at radius 2 is 1.62 bits per heavy atom. The van der Waals surface area contributed by atoms with Crippen molar-refractivity contribution in [2.45, 2.75) is 71.1 Å². The lowest BCUT2D eigenvalue weighted by Gasteiger charge is -2.33. The fraction of sp³-hybridized carbons (Fsp3) is 0.944. The van der Waals surface area contributed by atoms with Crippen LogP contribution in [0.2, 0.25) is 0 Å². The van der Waals surface area contributed by atoms with Gasteiger partial charge in [0.05, 0.1) is 0 Å². The molecule has 0 aromatic rings. The van der Waals surface area contributed by atoms with E-state index in [1.807, 2.05) is 0 Å². The van der Waals surface area contributed by atoms with Gasteiger partial charge >= 0.3 is 0 Å². The molecule has 2 rings (SSSR count). The van der Waals surface area contributed by atoms with Crippen LogP contribution in [-0.2, 0) is 4.79 Å². The number of piperidine rings is 1. The largest absolute Gasteiger partial charge is 0.342 e. The second-order valence-corrected chi connectivity index (χ2v) is 7.02. The second-order valence-electron chi connectivity index (χ2n) is 7.02. The minimum absolute atomic E-state index is 0.318. The minimum atomic E-state index is 0.318. The summed E-state index contributed by atoms with van der Waals surface area (Å²) in [4.78, 5) is 15.1. The summed E-state index contributed by atoms with van der Waals surface area (Å²) in [5.74, 6) is 1.51. The Hall–Kier alpha value is -0.570. The maximum Gasteiger partial charge on any atom is 0.225 e. The van der Waals surface area contributed by atoms with E-state index in [2.05, 4.69) is 17.1 Å². The van der Waals surface area contributed by atoms with Crippen molar-refractivity contribution in [1.29, 1.82) is 0 Å². The third-order valence-corrected chi connectivity index (χ3v) is 5.20. The smallest absolute Gasteiger partial charge is 0.225 e. The highest BCUT2D eigenvalue weighted by atomic mass is 16.2. The van der Waals surface area contributed by atoms with E-state index in [1.54, 1.807) is 0 Å². The van der Waals surface area contributed by atoms with Crippen LogP contribution in [0.25, 0.3) is 0 Å². The number of hydrogen-bond acceptors (Lipinski definition) is 2. The monoisotopic (exact) mass is 294 g/mol. The lowest BCUT2D eigenvalue weighted by Crippen LogP contribution is -2.42. The third-order valence-electron chi connectivity index (χ3n) is 5.20. The van der Waals surface area contributed by atoms with Gasteiger partial charge in [0, 0.05) is 19.0 Å². The lowest BCUT2D eigenvalue weighted by atomic mass is 9.89. The van der Waals surface area contributed by atoms with Gasteiger partial charge in [-0.25, -0.2) is 0 Å². The summed E-state index contributed by atoms with van der Waals surface area (Å²) in [5, 5.41) is 3.42. The maximum absolute atomic E-state index is 12.9. The molecular formula is C18H34N2O. The van der Waals surface area contributed by atoms with Gasteiger partial charge in [0.25, 0.3) is 0 Å². The van der Waals surface area contributed by atoms with Gasteiger partial charge in [0.15, 0.2) is 0 Å². The van der Waals surface area contributed by atoms with Crippen LogP contribution in [0.3, 0.4) is 0 Å². The maximum atomic E-state index is 12.9. The third kappa shape index (κ3) is 5.61. The molecule has 0 aromatic carbocycles. The van der Waals surface area contributed by atoms with Gasteiger partial charge in [0.2, 0.25) is 5.91 Å². The van der Waals surface area contributed by atoms with Crippen molar-refractivity contribution in [2.75, 3.05) is 26.2 Å². The first-order valence-electron chi connectivity index (χ1n) is 9.30. The number of carbonyl (C=O) groups excluding carboxylic acids is 1. The first-order chi connectivity index (χ1) is 10.3. The van der Waals surface area contributed by atoms with Crippen LogP contribution in [0.5, 0.6) is 0 Å². The molecule has 1 heterocycles. The fourth-order valence-corrected chi connectivity index (χ4v) is 3.90. The van der Waals surface area contributed by atoms with Crippen LogP contribution < -0.4 is 5.32 Å². The predicted molar refractivity (Wildman–Crippen MR) is 88.3 cm³/mol. The highest BCUT2D eigenvalue weighted by molar-refractivity contribution is 5.78. The summed E-state index contributed by atoms with van der Waals surface area (Å²) in [6.45, 7) is 6.41. The van der Waals surface area contributed by atoms with E-state index < -0.39 is 0 Å². The van der Waals surface area contributed by atoms with E-state index in [0.717, 1.165) is 51.4 Å². The Bertz CT molecular complexity index is 292. The number of hydrogen-bond donors (Lipinski definition) is 1. The molecule has 3 heteroatoms. The van der Waals surface area contributed by atoms with Gasteiger partial charge in [-0.15, -0.1) is 0 Å². The van der Waals surface area contributed by atoms with Gasteiger partial charge in [-0.2, -0.15) is 0 Å². The highest BCUT2D eigenvalue weighted by Crippen LogP contribution is 2.25. The lowest BCUT2D eigenvalue weighted by molar-refractivity contribution is -0.137. The zero-order valence-corrected chi connectivity index (χ0v) is 13.9. The predicted octanol–water partition coefficient (Wildman–Crippen LogP) is 3.59. The molecule has 2 aliphatic rings. The van der Waals surface area contributed by atoms with Crippen molar-refractivity contribution in [3.05, 3.63) is 0 Å². The summed E-state index contributed by atoms with van der Waals surface area (Å²) in [5.41, 5.74) is 0. The highest BCUT2D eigenvalue weighted by Gasteiger charge is 2.26. The van der Waals surface area contributed by atoms with Crippen LogP contribution in [-0.4, -0.2) is 37.0 Å². The SMILES string of the molecule is CCCN(CC1CCNCC1)C(=O)C1CCCCCCC1. The molecule has 1 saturated carbocycles. The molecule has 0 bridgehead atoms. The van der Waals surface area contributed by atoms with Crippen LogP contribution >= 0.6 is 0 Å². The number of rotatable bonds is 5. The molecule has 122 valence electrons. The van der Waals surface area contributed by atoms with E-state index in [4.69, 9.17) is 0 Å². The number of carbonyl (C=O) groups is 1. The van der Waals surface area contributed by atoms with Crippen LogP contribution in [0.1, 0.15) is 71.1 Å². The molecule has 2 fully saturated rings. The Morgan fingerprint density at radius 1 is 1.00 bits per heavy atom. The van der Waals surface area contributed by atoms with Gasteiger partial charge < -0.3 is 10.2 Å². The van der Waals surface area contributed by atoms with E-state index in [9.17, 15) is 4.79 Å². The molecule has 1 amide bonds. The molecule has 0 unspecified atom stereocenters. The molecule has 1 aliphatic carbocycles. The summed E-state index contributed by atoms with van der Waals surface area (Å²) in [6.07, 6.45) is 12.3. The van der Waals surface area contributed by atoms with E-state index in [-0.39, 0.29) is 0 Å². The molecule has 0 aromatic heterocycles. The van der Waals surface area contributed by atoms with Crippen LogP contribution in [0, 0.1) is 11.8 Å². The number of amides is 1. The number of nitrogens with zero attached hydrogens (tertiary/aromatic N) is 1. The molecular weight excluding hydrogens is 260 g/mol.